The molecule has 0 bridgehead atoms. The fraction of sp³-hybridized carbons (Fsp3) is 1.00. The molecule has 0 radical (unpaired) electrons. The van der Waals surface area contributed by atoms with Crippen molar-refractivity contribution in [1.29, 1.82) is 0 Å². The largest absolute Gasteiger partial charge is 0.384 e. The van der Waals surface area contributed by atoms with Crippen molar-refractivity contribution < 1.29 is 9.47 Å². The van der Waals surface area contributed by atoms with E-state index in [1.807, 2.05) is 6.92 Å². The minimum atomic E-state index is 0.0962. The highest BCUT2D eigenvalue weighted by molar-refractivity contribution is 4.81. The summed E-state index contributed by atoms with van der Waals surface area (Å²) in [5.41, 5.74) is 0.0962. The molecule has 0 saturated carbocycles. The van der Waals surface area contributed by atoms with Crippen molar-refractivity contribution in [2.24, 2.45) is 11.3 Å². The number of ether oxygens (including phenoxy) is 2. The first-order valence-electron chi connectivity index (χ1n) is 5.06. The SMILES string of the molecule is CCOC(C(C)C)C(C)(C)COC. The summed E-state index contributed by atoms with van der Waals surface area (Å²) in [4.78, 5) is 0. The van der Waals surface area contributed by atoms with Crippen molar-refractivity contribution in [3.63, 3.8) is 0 Å². The fourth-order valence-corrected chi connectivity index (χ4v) is 1.95. The molecule has 0 aromatic carbocycles. The van der Waals surface area contributed by atoms with Crippen LogP contribution in [0.4, 0.5) is 0 Å². The topological polar surface area (TPSA) is 18.5 Å². The first-order chi connectivity index (χ1) is 5.95. The molecule has 0 N–H and O–H groups in total. The average Bonchev–Trinajstić information content (AvgIpc) is 1.99. The van der Waals surface area contributed by atoms with Crippen LogP contribution in [0.3, 0.4) is 0 Å². The van der Waals surface area contributed by atoms with Gasteiger partial charge in [0.25, 0.3) is 0 Å². The van der Waals surface area contributed by atoms with Crippen LogP contribution in [0.2, 0.25) is 0 Å². The van der Waals surface area contributed by atoms with Gasteiger partial charge in [0.1, 0.15) is 0 Å². The van der Waals surface area contributed by atoms with Gasteiger partial charge in [0, 0.05) is 19.1 Å². The molecule has 0 heterocycles. The van der Waals surface area contributed by atoms with Gasteiger partial charge in [0.2, 0.25) is 0 Å². The summed E-state index contributed by atoms with van der Waals surface area (Å²) < 4.78 is 10.9. The van der Waals surface area contributed by atoms with Gasteiger partial charge >= 0.3 is 0 Å². The summed E-state index contributed by atoms with van der Waals surface area (Å²) in [6.45, 7) is 12.3. The average molecular weight is 188 g/mol. The van der Waals surface area contributed by atoms with Crippen LogP contribution in [0, 0.1) is 11.3 Å². The molecule has 0 aliphatic carbocycles. The van der Waals surface area contributed by atoms with E-state index in [2.05, 4.69) is 27.7 Å². The Kier molecular flexibility index (Phi) is 5.57. The number of methoxy groups -OCH3 is 1. The van der Waals surface area contributed by atoms with Crippen LogP contribution in [0.15, 0.2) is 0 Å². The molecule has 2 nitrogen and oxygen atoms in total. The summed E-state index contributed by atoms with van der Waals surface area (Å²) in [6.07, 6.45) is 0.275. The van der Waals surface area contributed by atoms with Crippen molar-refractivity contribution in [3.8, 4) is 0 Å². The van der Waals surface area contributed by atoms with Gasteiger partial charge in [-0.3, -0.25) is 0 Å². The van der Waals surface area contributed by atoms with Gasteiger partial charge in [-0.05, 0) is 12.8 Å². The fourth-order valence-electron chi connectivity index (χ4n) is 1.95. The van der Waals surface area contributed by atoms with E-state index in [0.29, 0.717) is 5.92 Å². The van der Waals surface area contributed by atoms with Gasteiger partial charge in [-0.15, -0.1) is 0 Å². The Morgan fingerprint density at radius 2 is 1.77 bits per heavy atom. The molecule has 0 fully saturated rings. The Hall–Kier alpha value is -0.0800. The van der Waals surface area contributed by atoms with Crippen molar-refractivity contribution >= 4 is 0 Å². The van der Waals surface area contributed by atoms with Crippen LogP contribution in [-0.2, 0) is 9.47 Å². The lowest BCUT2D eigenvalue weighted by Crippen LogP contribution is -2.39. The van der Waals surface area contributed by atoms with Crippen molar-refractivity contribution in [1.82, 2.24) is 0 Å². The summed E-state index contributed by atoms with van der Waals surface area (Å²) in [7, 11) is 1.74. The summed E-state index contributed by atoms with van der Waals surface area (Å²) in [5, 5.41) is 0. The molecule has 0 amide bonds. The molecule has 80 valence electrons. The van der Waals surface area contributed by atoms with Crippen molar-refractivity contribution in [2.75, 3.05) is 20.3 Å². The first-order valence-corrected chi connectivity index (χ1v) is 5.06. The number of hydrogen-bond acceptors (Lipinski definition) is 2. The number of hydrogen-bond donors (Lipinski definition) is 0. The normalized spacial score (nSPS) is 15.0. The van der Waals surface area contributed by atoms with Gasteiger partial charge in [0.15, 0.2) is 0 Å². The van der Waals surface area contributed by atoms with Gasteiger partial charge in [-0.1, -0.05) is 27.7 Å². The lowest BCUT2D eigenvalue weighted by atomic mass is 9.81. The lowest BCUT2D eigenvalue weighted by Gasteiger charge is -2.36. The molecule has 13 heavy (non-hydrogen) atoms. The first kappa shape index (κ1) is 12.9. The number of rotatable bonds is 6. The maximum absolute atomic E-state index is 5.74. The van der Waals surface area contributed by atoms with Crippen LogP contribution >= 0.6 is 0 Å². The molecule has 2 heteroatoms. The maximum atomic E-state index is 5.74. The Bertz CT molecular complexity index is 130. The summed E-state index contributed by atoms with van der Waals surface area (Å²) >= 11 is 0. The predicted molar refractivity (Wildman–Crippen MR) is 55.9 cm³/mol. The molecule has 0 aromatic heterocycles. The second kappa shape index (κ2) is 5.61. The zero-order chi connectivity index (χ0) is 10.5. The van der Waals surface area contributed by atoms with Crippen LogP contribution in [0.5, 0.6) is 0 Å². The van der Waals surface area contributed by atoms with Crippen LogP contribution in [0.1, 0.15) is 34.6 Å². The third-order valence-electron chi connectivity index (χ3n) is 2.24. The molecule has 0 saturated heterocycles. The second-order valence-electron chi connectivity index (χ2n) is 4.54. The Labute approximate surface area is 82.6 Å². The van der Waals surface area contributed by atoms with E-state index >= 15 is 0 Å². The van der Waals surface area contributed by atoms with E-state index in [1.54, 1.807) is 7.11 Å². The second-order valence-corrected chi connectivity index (χ2v) is 4.54. The van der Waals surface area contributed by atoms with Crippen LogP contribution < -0.4 is 0 Å². The molecule has 0 aromatic rings. The van der Waals surface area contributed by atoms with Gasteiger partial charge in [-0.25, -0.2) is 0 Å². The monoisotopic (exact) mass is 188 g/mol. The molecular weight excluding hydrogens is 164 g/mol. The van der Waals surface area contributed by atoms with E-state index in [-0.39, 0.29) is 11.5 Å². The molecule has 1 unspecified atom stereocenters. The quantitative estimate of drug-likeness (QED) is 0.638. The smallest absolute Gasteiger partial charge is 0.0670 e. The zero-order valence-electron chi connectivity index (χ0n) is 9.89. The molecule has 0 aliphatic heterocycles. The summed E-state index contributed by atoms with van der Waals surface area (Å²) in [5.74, 6) is 0.532. The third-order valence-corrected chi connectivity index (χ3v) is 2.24. The van der Waals surface area contributed by atoms with Crippen LogP contribution in [-0.4, -0.2) is 26.4 Å². The standard InChI is InChI=1S/C11H24O2/c1-7-13-10(9(2)3)11(4,5)8-12-6/h9-10H,7-8H2,1-6H3. The highest BCUT2D eigenvalue weighted by Gasteiger charge is 2.32. The minimum Gasteiger partial charge on any atom is -0.384 e. The Morgan fingerprint density at radius 3 is 2.08 bits per heavy atom. The van der Waals surface area contributed by atoms with E-state index in [9.17, 15) is 0 Å². The van der Waals surface area contributed by atoms with Crippen LogP contribution in [0.25, 0.3) is 0 Å². The maximum Gasteiger partial charge on any atom is 0.0670 e. The van der Waals surface area contributed by atoms with Gasteiger partial charge in [-0.2, -0.15) is 0 Å². The van der Waals surface area contributed by atoms with E-state index in [1.165, 1.54) is 0 Å². The van der Waals surface area contributed by atoms with Gasteiger partial charge < -0.3 is 9.47 Å². The molecular formula is C11H24O2. The highest BCUT2D eigenvalue weighted by atomic mass is 16.5. The van der Waals surface area contributed by atoms with E-state index in [0.717, 1.165) is 13.2 Å². The van der Waals surface area contributed by atoms with Crippen molar-refractivity contribution in [2.45, 2.75) is 40.7 Å². The lowest BCUT2D eigenvalue weighted by molar-refractivity contribution is -0.0760. The van der Waals surface area contributed by atoms with E-state index < -0.39 is 0 Å². The minimum absolute atomic E-state index is 0.0962. The Balaban J connectivity index is 4.32. The molecule has 0 spiro atoms. The summed E-state index contributed by atoms with van der Waals surface area (Å²) in [6, 6.07) is 0. The molecule has 0 rings (SSSR count). The zero-order valence-corrected chi connectivity index (χ0v) is 9.89. The Morgan fingerprint density at radius 1 is 1.23 bits per heavy atom. The van der Waals surface area contributed by atoms with E-state index in [4.69, 9.17) is 9.47 Å². The third kappa shape index (κ3) is 4.10. The highest BCUT2D eigenvalue weighted by Crippen LogP contribution is 2.29. The molecule has 0 aliphatic rings. The predicted octanol–water partition coefficient (Wildman–Crippen LogP) is 2.72. The van der Waals surface area contributed by atoms with Crippen molar-refractivity contribution in [3.05, 3.63) is 0 Å². The molecule has 1 atom stereocenters. The van der Waals surface area contributed by atoms with Gasteiger partial charge in [0.05, 0.1) is 12.7 Å².